The van der Waals surface area contributed by atoms with Crippen molar-refractivity contribution >= 4 is 17.6 Å². The number of anilines is 1. The summed E-state index contributed by atoms with van der Waals surface area (Å²) in [4.78, 5) is 15.4. The maximum absolute atomic E-state index is 11.2. The number of nitrogens with zero attached hydrogens (tertiary/aromatic N) is 1. The standard InChI is InChI=1S/C20H26N4O2/c1-15(26)24-19-10-6-7-16(11-19)12-22-20(21-2)23-13-18(14-25)17-8-4-3-5-9-17/h3-11,18,25H,12-14H2,1-2H3,(H,24,26)(H2,21,22,23). The van der Waals surface area contributed by atoms with Gasteiger partial charge in [-0.2, -0.15) is 0 Å². The molecule has 0 aliphatic heterocycles. The van der Waals surface area contributed by atoms with Crippen molar-refractivity contribution < 1.29 is 9.90 Å². The second kappa shape index (κ2) is 10.2. The topological polar surface area (TPSA) is 85.8 Å². The molecule has 6 heteroatoms. The molecule has 2 aromatic rings. The Bertz CT molecular complexity index is 732. The second-order valence-electron chi connectivity index (χ2n) is 5.98. The van der Waals surface area contributed by atoms with Crippen LogP contribution in [0.15, 0.2) is 59.6 Å². The summed E-state index contributed by atoms with van der Waals surface area (Å²) < 4.78 is 0. The highest BCUT2D eigenvalue weighted by Crippen LogP contribution is 2.13. The zero-order chi connectivity index (χ0) is 18.8. The summed E-state index contributed by atoms with van der Waals surface area (Å²) in [5.41, 5.74) is 2.88. The molecule has 0 heterocycles. The molecule has 0 aliphatic rings. The number of guanidine groups is 1. The number of aliphatic hydroxyl groups excluding tert-OH is 1. The molecule has 0 spiro atoms. The molecule has 4 N–H and O–H groups in total. The van der Waals surface area contributed by atoms with E-state index in [1.165, 1.54) is 6.92 Å². The van der Waals surface area contributed by atoms with Gasteiger partial charge in [0.25, 0.3) is 0 Å². The maximum atomic E-state index is 11.2. The summed E-state index contributed by atoms with van der Waals surface area (Å²) in [6, 6.07) is 17.5. The average Bonchev–Trinajstić information content (AvgIpc) is 2.65. The Balaban J connectivity index is 1.89. The minimum atomic E-state index is -0.0939. The Labute approximate surface area is 154 Å². The normalized spacial score (nSPS) is 12.3. The van der Waals surface area contributed by atoms with Gasteiger partial charge in [0.2, 0.25) is 5.91 Å². The number of carbonyl (C=O) groups is 1. The molecule has 2 aromatic carbocycles. The van der Waals surface area contributed by atoms with Crippen LogP contribution in [-0.4, -0.2) is 37.2 Å². The Morgan fingerprint density at radius 1 is 1.12 bits per heavy atom. The van der Waals surface area contributed by atoms with E-state index in [0.29, 0.717) is 19.0 Å². The first-order valence-corrected chi connectivity index (χ1v) is 8.59. The molecular formula is C20H26N4O2. The van der Waals surface area contributed by atoms with Gasteiger partial charge in [-0.3, -0.25) is 9.79 Å². The Morgan fingerprint density at radius 2 is 1.88 bits per heavy atom. The molecular weight excluding hydrogens is 328 g/mol. The van der Waals surface area contributed by atoms with Crippen LogP contribution in [0.1, 0.15) is 24.0 Å². The lowest BCUT2D eigenvalue weighted by molar-refractivity contribution is -0.114. The van der Waals surface area contributed by atoms with Gasteiger partial charge in [0.1, 0.15) is 0 Å². The molecule has 0 saturated heterocycles. The van der Waals surface area contributed by atoms with Crippen molar-refractivity contribution in [3.8, 4) is 0 Å². The van der Waals surface area contributed by atoms with Gasteiger partial charge in [-0.1, -0.05) is 42.5 Å². The fourth-order valence-corrected chi connectivity index (χ4v) is 2.60. The van der Waals surface area contributed by atoms with Gasteiger partial charge in [-0.15, -0.1) is 0 Å². The fourth-order valence-electron chi connectivity index (χ4n) is 2.60. The smallest absolute Gasteiger partial charge is 0.221 e. The van der Waals surface area contributed by atoms with Crippen LogP contribution in [0.4, 0.5) is 5.69 Å². The summed E-state index contributed by atoms with van der Waals surface area (Å²) in [6.07, 6.45) is 0. The van der Waals surface area contributed by atoms with Gasteiger partial charge >= 0.3 is 0 Å². The van der Waals surface area contributed by atoms with E-state index in [2.05, 4.69) is 20.9 Å². The molecule has 1 unspecified atom stereocenters. The number of hydrogen-bond acceptors (Lipinski definition) is 3. The third kappa shape index (κ3) is 6.22. The third-order valence-electron chi connectivity index (χ3n) is 3.94. The second-order valence-corrected chi connectivity index (χ2v) is 5.98. The van der Waals surface area contributed by atoms with Crippen molar-refractivity contribution in [2.45, 2.75) is 19.4 Å². The molecule has 1 atom stereocenters. The van der Waals surface area contributed by atoms with Crippen LogP contribution in [0.25, 0.3) is 0 Å². The van der Waals surface area contributed by atoms with Crippen molar-refractivity contribution in [3.63, 3.8) is 0 Å². The molecule has 2 rings (SSSR count). The molecule has 138 valence electrons. The number of rotatable bonds is 7. The van der Waals surface area contributed by atoms with Crippen molar-refractivity contribution in [1.82, 2.24) is 10.6 Å². The summed E-state index contributed by atoms with van der Waals surface area (Å²) in [5.74, 6) is 0.561. The predicted octanol–water partition coefficient (Wildman–Crippen LogP) is 2.09. The van der Waals surface area contributed by atoms with Crippen molar-refractivity contribution in [2.24, 2.45) is 4.99 Å². The van der Waals surface area contributed by atoms with E-state index >= 15 is 0 Å². The van der Waals surface area contributed by atoms with Crippen LogP contribution in [0.3, 0.4) is 0 Å². The molecule has 26 heavy (non-hydrogen) atoms. The SMILES string of the molecule is CN=C(NCc1cccc(NC(C)=O)c1)NCC(CO)c1ccccc1. The van der Waals surface area contributed by atoms with E-state index in [4.69, 9.17) is 0 Å². The van der Waals surface area contributed by atoms with Crippen molar-refractivity contribution in [3.05, 3.63) is 65.7 Å². The average molecular weight is 354 g/mol. The van der Waals surface area contributed by atoms with Gasteiger partial charge in [-0.05, 0) is 23.3 Å². The lowest BCUT2D eigenvalue weighted by Gasteiger charge is -2.18. The van der Waals surface area contributed by atoms with Crippen LogP contribution in [0.5, 0.6) is 0 Å². The Hall–Kier alpha value is -2.86. The molecule has 0 saturated carbocycles. The van der Waals surface area contributed by atoms with E-state index in [0.717, 1.165) is 16.8 Å². The quantitative estimate of drug-likeness (QED) is 0.453. The number of amides is 1. The highest BCUT2D eigenvalue weighted by molar-refractivity contribution is 5.88. The molecule has 0 fully saturated rings. The minimum Gasteiger partial charge on any atom is -0.396 e. The highest BCUT2D eigenvalue weighted by atomic mass is 16.3. The first kappa shape index (κ1) is 19.5. The van der Waals surface area contributed by atoms with Gasteiger partial charge in [-0.25, -0.2) is 0 Å². The van der Waals surface area contributed by atoms with Crippen LogP contribution >= 0.6 is 0 Å². The van der Waals surface area contributed by atoms with Gasteiger partial charge in [0, 0.05) is 38.7 Å². The lowest BCUT2D eigenvalue weighted by Crippen LogP contribution is -2.39. The Kier molecular flexibility index (Phi) is 7.64. The van der Waals surface area contributed by atoms with Crippen LogP contribution in [0, 0.1) is 0 Å². The minimum absolute atomic E-state index is 0.00200. The van der Waals surface area contributed by atoms with Crippen LogP contribution in [0.2, 0.25) is 0 Å². The number of aliphatic hydroxyl groups is 1. The van der Waals surface area contributed by atoms with Crippen LogP contribution in [-0.2, 0) is 11.3 Å². The number of hydrogen-bond donors (Lipinski definition) is 4. The number of nitrogens with one attached hydrogen (secondary N) is 3. The summed E-state index contributed by atoms with van der Waals surface area (Å²) >= 11 is 0. The monoisotopic (exact) mass is 354 g/mol. The van der Waals surface area contributed by atoms with Gasteiger partial charge in [0.05, 0.1) is 6.61 Å². The third-order valence-corrected chi connectivity index (χ3v) is 3.94. The van der Waals surface area contributed by atoms with Crippen LogP contribution < -0.4 is 16.0 Å². The predicted molar refractivity (Wildman–Crippen MR) is 105 cm³/mol. The Morgan fingerprint density at radius 3 is 2.54 bits per heavy atom. The first-order chi connectivity index (χ1) is 12.6. The first-order valence-electron chi connectivity index (χ1n) is 8.59. The zero-order valence-corrected chi connectivity index (χ0v) is 15.2. The van der Waals surface area contributed by atoms with Crippen molar-refractivity contribution in [1.29, 1.82) is 0 Å². The molecule has 0 aromatic heterocycles. The highest BCUT2D eigenvalue weighted by Gasteiger charge is 2.10. The van der Waals surface area contributed by atoms with E-state index < -0.39 is 0 Å². The maximum Gasteiger partial charge on any atom is 0.221 e. The summed E-state index contributed by atoms with van der Waals surface area (Å²) in [5, 5.41) is 18.9. The van der Waals surface area contributed by atoms with Crippen molar-refractivity contribution in [2.75, 3.05) is 25.5 Å². The number of carbonyl (C=O) groups excluding carboxylic acids is 1. The summed E-state index contributed by atoms with van der Waals surface area (Å²) in [6.45, 7) is 2.70. The van der Waals surface area contributed by atoms with E-state index in [1.54, 1.807) is 7.05 Å². The van der Waals surface area contributed by atoms with Gasteiger partial charge in [0.15, 0.2) is 5.96 Å². The molecule has 0 radical (unpaired) electrons. The molecule has 0 bridgehead atoms. The number of benzene rings is 2. The largest absolute Gasteiger partial charge is 0.396 e. The molecule has 6 nitrogen and oxygen atoms in total. The summed E-state index contributed by atoms with van der Waals surface area (Å²) in [7, 11) is 1.71. The lowest BCUT2D eigenvalue weighted by atomic mass is 10.0. The van der Waals surface area contributed by atoms with E-state index in [1.807, 2.05) is 54.6 Å². The van der Waals surface area contributed by atoms with E-state index in [9.17, 15) is 9.90 Å². The number of aliphatic imine (C=N–C) groups is 1. The van der Waals surface area contributed by atoms with Gasteiger partial charge < -0.3 is 21.1 Å². The fraction of sp³-hybridized carbons (Fsp3) is 0.300. The molecule has 1 amide bonds. The van der Waals surface area contributed by atoms with E-state index in [-0.39, 0.29) is 18.4 Å². The molecule has 0 aliphatic carbocycles. The zero-order valence-electron chi connectivity index (χ0n) is 15.2.